The maximum Gasteiger partial charge on any atom is 0.242 e. The smallest absolute Gasteiger partial charge is 0.242 e. The molecule has 1 aliphatic heterocycles. The molecule has 1 atom stereocenters. The second-order valence-electron chi connectivity index (χ2n) is 7.84. The Morgan fingerprint density at radius 2 is 1.93 bits per heavy atom. The summed E-state index contributed by atoms with van der Waals surface area (Å²) in [7, 11) is 3.73. The van der Waals surface area contributed by atoms with Gasteiger partial charge < -0.3 is 19.9 Å². The summed E-state index contributed by atoms with van der Waals surface area (Å²) in [5.74, 6) is 1.63. The van der Waals surface area contributed by atoms with Gasteiger partial charge in [-0.2, -0.15) is 0 Å². The molecule has 2 aliphatic rings. The number of methoxy groups -OCH3 is 1. The van der Waals surface area contributed by atoms with Gasteiger partial charge in [0.15, 0.2) is 0 Å². The Labute approximate surface area is 161 Å². The Morgan fingerprint density at radius 1 is 1.22 bits per heavy atom. The molecule has 148 valence electrons. The molecule has 6 nitrogen and oxygen atoms in total. The zero-order valence-corrected chi connectivity index (χ0v) is 16.7. The molecule has 1 heterocycles. The van der Waals surface area contributed by atoms with Gasteiger partial charge in [-0.15, -0.1) is 0 Å². The molecule has 1 unspecified atom stereocenters. The van der Waals surface area contributed by atoms with Crippen LogP contribution in [0.15, 0.2) is 18.2 Å². The molecular formula is C21H31N3O3. The second-order valence-corrected chi connectivity index (χ2v) is 7.84. The van der Waals surface area contributed by atoms with Crippen LogP contribution in [0.4, 0.5) is 0 Å². The van der Waals surface area contributed by atoms with Gasteiger partial charge in [-0.25, -0.2) is 0 Å². The number of ether oxygens (including phenoxy) is 1. The van der Waals surface area contributed by atoms with Crippen LogP contribution in [0.1, 0.15) is 36.3 Å². The zero-order chi connectivity index (χ0) is 19.4. The summed E-state index contributed by atoms with van der Waals surface area (Å²) in [4.78, 5) is 28.8. The number of carbonyl (C=O) groups excluding carboxylic acids is 2. The Kier molecular flexibility index (Phi) is 6.37. The minimum absolute atomic E-state index is 0.0136. The second kappa shape index (κ2) is 8.74. The van der Waals surface area contributed by atoms with Gasteiger partial charge in [0.05, 0.1) is 13.7 Å². The summed E-state index contributed by atoms with van der Waals surface area (Å²) in [6, 6.07) is 6.18. The molecule has 0 radical (unpaired) electrons. The number of benzene rings is 1. The third-order valence-electron chi connectivity index (χ3n) is 5.74. The number of piperazine rings is 1. The average Bonchev–Trinajstić information content (AvgIpc) is 3.49. The quantitative estimate of drug-likeness (QED) is 0.791. The zero-order valence-electron chi connectivity index (χ0n) is 16.7. The van der Waals surface area contributed by atoms with E-state index in [2.05, 4.69) is 29.4 Å². The number of hydrogen-bond acceptors (Lipinski definition) is 4. The summed E-state index contributed by atoms with van der Waals surface area (Å²) in [6.07, 6.45) is 2.78. The lowest BCUT2D eigenvalue weighted by Gasteiger charge is -2.32. The maximum atomic E-state index is 12.5. The fraction of sp³-hybridized carbons (Fsp3) is 0.619. The van der Waals surface area contributed by atoms with E-state index >= 15 is 0 Å². The highest BCUT2D eigenvalue weighted by atomic mass is 16.5. The third kappa shape index (κ3) is 5.22. The van der Waals surface area contributed by atoms with Crippen molar-refractivity contribution in [2.75, 3.05) is 46.9 Å². The van der Waals surface area contributed by atoms with Crippen LogP contribution in [0, 0.1) is 12.8 Å². The molecule has 2 fully saturated rings. The number of amides is 2. The maximum absolute atomic E-state index is 12.5. The number of likely N-dealkylation sites (N-methyl/N-ethyl adjacent to an activating group) is 1. The van der Waals surface area contributed by atoms with Gasteiger partial charge in [-0.05, 0) is 55.8 Å². The third-order valence-corrected chi connectivity index (χ3v) is 5.74. The molecule has 1 aromatic carbocycles. The van der Waals surface area contributed by atoms with E-state index < -0.39 is 0 Å². The van der Waals surface area contributed by atoms with Gasteiger partial charge in [0.25, 0.3) is 0 Å². The standard InChI is InChI=1S/C21H31N3O3/c1-15-12-17(6-7-19(15)27-3)18(16-4-5-16)13-20(25)22-14-21(26)24-10-8-23(2)9-11-24/h6-7,12,16,18H,4-5,8-11,13-14H2,1-3H3,(H,22,25). The molecule has 2 amide bonds. The van der Waals surface area contributed by atoms with Crippen molar-refractivity contribution in [1.29, 1.82) is 0 Å². The van der Waals surface area contributed by atoms with Gasteiger partial charge in [-0.1, -0.05) is 12.1 Å². The van der Waals surface area contributed by atoms with Crippen LogP contribution in [0.3, 0.4) is 0 Å². The van der Waals surface area contributed by atoms with Gasteiger partial charge in [0, 0.05) is 32.6 Å². The van der Waals surface area contributed by atoms with E-state index in [1.165, 1.54) is 18.4 Å². The van der Waals surface area contributed by atoms with Crippen molar-refractivity contribution in [1.82, 2.24) is 15.1 Å². The van der Waals surface area contributed by atoms with Crippen molar-refractivity contribution in [3.63, 3.8) is 0 Å². The first-order valence-electron chi connectivity index (χ1n) is 9.85. The summed E-state index contributed by atoms with van der Waals surface area (Å²) < 4.78 is 5.34. The molecule has 6 heteroatoms. The van der Waals surface area contributed by atoms with Gasteiger partial charge in [-0.3, -0.25) is 9.59 Å². The molecule has 1 saturated carbocycles. The molecule has 1 aromatic rings. The molecule has 0 aromatic heterocycles. The molecule has 1 saturated heterocycles. The number of nitrogens with one attached hydrogen (secondary N) is 1. The van der Waals surface area contributed by atoms with Crippen LogP contribution in [0.5, 0.6) is 5.75 Å². The average molecular weight is 373 g/mol. The van der Waals surface area contributed by atoms with E-state index in [9.17, 15) is 9.59 Å². The van der Waals surface area contributed by atoms with Crippen molar-refractivity contribution in [3.05, 3.63) is 29.3 Å². The monoisotopic (exact) mass is 373 g/mol. The van der Waals surface area contributed by atoms with Crippen molar-refractivity contribution >= 4 is 11.8 Å². The van der Waals surface area contributed by atoms with Crippen LogP contribution in [-0.2, 0) is 9.59 Å². The fourth-order valence-electron chi connectivity index (χ4n) is 3.80. The molecule has 0 spiro atoms. The summed E-state index contributed by atoms with van der Waals surface area (Å²) in [5.41, 5.74) is 2.28. The molecule has 27 heavy (non-hydrogen) atoms. The van der Waals surface area contributed by atoms with E-state index in [-0.39, 0.29) is 24.3 Å². The Morgan fingerprint density at radius 3 is 2.52 bits per heavy atom. The van der Waals surface area contributed by atoms with Gasteiger partial charge in [0.1, 0.15) is 5.75 Å². The lowest BCUT2D eigenvalue weighted by atomic mass is 9.89. The highest BCUT2D eigenvalue weighted by molar-refractivity contribution is 5.85. The van der Waals surface area contributed by atoms with Crippen LogP contribution < -0.4 is 10.1 Å². The summed E-state index contributed by atoms with van der Waals surface area (Å²) in [6.45, 7) is 5.38. The predicted octanol–water partition coefficient (Wildman–Crippen LogP) is 1.78. The van der Waals surface area contributed by atoms with Crippen molar-refractivity contribution in [3.8, 4) is 5.75 Å². The van der Waals surface area contributed by atoms with Crippen LogP contribution >= 0.6 is 0 Å². The van der Waals surface area contributed by atoms with E-state index in [4.69, 9.17) is 4.74 Å². The Bertz CT molecular complexity index is 679. The van der Waals surface area contributed by atoms with E-state index in [1.807, 2.05) is 17.9 Å². The largest absolute Gasteiger partial charge is 0.496 e. The molecule has 1 aliphatic carbocycles. The first kappa shape index (κ1) is 19.7. The highest BCUT2D eigenvalue weighted by Gasteiger charge is 2.34. The van der Waals surface area contributed by atoms with E-state index in [0.717, 1.165) is 37.5 Å². The van der Waals surface area contributed by atoms with E-state index in [0.29, 0.717) is 12.3 Å². The first-order valence-corrected chi connectivity index (χ1v) is 9.85. The summed E-state index contributed by atoms with van der Waals surface area (Å²) in [5, 5.41) is 2.84. The van der Waals surface area contributed by atoms with Gasteiger partial charge in [0.2, 0.25) is 11.8 Å². The highest BCUT2D eigenvalue weighted by Crippen LogP contribution is 2.45. The van der Waals surface area contributed by atoms with Crippen molar-refractivity contribution in [2.45, 2.75) is 32.1 Å². The molecule has 3 rings (SSSR count). The number of rotatable bonds is 7. The summed E-state index contributed by atoms with van der Waals surface area (Å²) >= 11 is 0. The van der Waals surface area contributed by atoms with Crippen LogP contribution in [-0.4, -0.2) is 68.5 Å². The Hall–Kier alpha value is -2.08. The van der Waals surface area contributed by atoms with Crippen molar-refractivity contribution in [2.24, 2.45) is 5.92 Å². The molecular weight excluding hydrogens is 342 g/mol. The first-order chi connectivity index (χ1) is 13.0. The normalized spacial score (nSPS) is 18.9. The predicted molar refractivity (Wildman–Crippen MR) is 105 cm³/mol. The SMILES string of the molecule is COc1ccc(C(CC(=O)NCC(=O)N2CCN(C)CC2)C2CC2)cc1C. The number of nitrogens with zero attached hydrogens (tertiary/aromatic N) is 2. The number of aryl methyl sites for hydroxylation is 1. The molecule has 0 bridgehead atoms. The minimum Gasteiger partial charge on any atom is -0.496 e. The topological polar surface area (TPSA) is 61.9 Å². The number of carbonyl (C=O) groups is 2. The fourth-order valence-corrected chi connectivity index (χ4v) is 3.80. The van der Waals surface area contributed by atoms with Crippen LogP contribution in [0.25, 0.3) is 0 Å². The lowest BCUT2D eigenvalue weighted by molar-refractivity contribution is -0.134. The minimum atomic E-state index is -0.0390. The van der Waals surface area contributed by atoms with Gasteiger partial charge >= 0.3 is 0 Å². The lowest BCUT2D eigenvalue weighted by Crippen LogP contribution is -2.50. The Balaban J connectivity index is 1.53. The van der Waals surface area contributed by atoms with Crippen molar-refractivity contribution < 1.29 is 14.3 Å². The molecule has 1 N–H and O–H groups in total. The van der Waals surface area contributed by atoms with E-state index in [1.54, 1.807) is 7.11 Å². The van der Waals surface area contributed by atoms with Crippen LogP contribution in [0.2, 0.25) is 0 Å². The number of hydrogen-bond donors (Lipinski definition) is 1.